The Balaban J connectivity index is 1.36. The van der Waals surface area contributed by atoms with Crippen molar-refractivity contribution < 1.29 is 14.2 Å². The average molecular weight is 476 g/mol. The van der Waals surface area contributed by atoms with Crippen LogP contribution in [0.4, 0.5) is 0 Å². The maximum atomic E-state index is 13.1. The first-order chi connectivity index (χ1) is 15.7. The molecule has 7 nitrogen and oxygen atoms in total. The maximum absolute atomic E-state index is 13.1. The Morgan fingerprint density at radius 1 is 1.09 bits per heavy atom. The third kappa shape index (κ3) is 6.04. The van der Waals surface area contributed by atoms with Crippen LogP contribution in [0.25, 0.3) is 10.2 Å². The van der Waals surface area contributed by atoms with E-state index in [1.54, 1.807) is 11.8 Å². The van der Waals surface area contributed by atoms with Crippen LogP contribution >= 0.6 is 23.1 Å². The van der Waals surface area contributed by atoms with Gasteiger partial charge in [0.2, 0.25) is 0 Å². The summed E-state index contributed by atoms with van der Waals surface area (Å²) in [6.07, 6.45) is 0.911. The summed E-state index contributed by atoms with van der Waals surface area (Å²) in [5.41, 5.74) is 0.835. The van der Waals surface area contributed by atoms with Crippen LogP contribution in [-0.2, 0) is 11.3 Å². The Kier molecular flexibility index (Phi) is 8.44. The van der Waals surface area contributed by atoms with Crippen LogP contribution in [0, 0.1) is 0 Å². The Morgan fingerprint density at radius 3 is 2.59 bits per heavy atom. The third-order valence-electron chi connectivity index (χ3n) is 5.21. The normalized spacial score (nSPS) is 14.7. The molecule has 1 aliphatic heterocycles. The molecule has 0 atom stereocenters. The molecular weight excluding hydrogens is 446 g/mol. The largest absolute Gasteiger partial charge is 0.494 e. The molecular formula is C23H29N3O4S2. The van der Waals surface area contributed by atoms with Gasteiger partial charge < -0.3 is 14.2 Å². The molecule has 3 heterocycles. The van der Waals surface area contributed by atoms with Gasteiger partial charge in [0.05, 0.1) is 31.9 Å². The molecule has 9 heteroatoms. The van der Waals surface area contributed by atoms with E-state index in [1.165, 1.54) is 11.3 Å². The Labute approximate surface area is 196 Å². The van der Waals surface area contributed by atoms with E-state index >= 15 is 0 Å². The fourth-order valence-corrected chi connectivity index (χ4v) is 5.22. The van der Waals surface area contributed by atoms with E-state index in [0.29, 0.717) is 25.5 Å². The second-order valence-electron chi connectivity index (χ2n) is 7.40. The van der Waals surface area contributed by atoms with E-state index in [1.807, 2.05) is 47.2 Å². The molecule has 1 fully saturated rings. The molecule has 172 valence electrons. The number of morpholine rings is 1. The number of nitrogens with zero attached hydrogens (tertiary/aromatic N) is 3. The van der Waals surface area contributed by atoms with Crippen molar-refractivity contribution in [1.82, 2.24) is 14.5 Å². The number of thiophene rings is 1. The fourth-order valence-electron chi connectivity index (χ4n) is 3.60. The van der Waals surface area contributed by atoms with Crippen LogP contribution in [0.3, 0.4) is 0 Å². The smallest absolute Gasteiger partial charge is 0.272 e. The quantitative estimate of drug-likeness (QED) is 0.238. The average Bonchev–Trinajstić information content (AvgIpc) is 3.29. The molecule has 4 rings (SSSR count). The first-order valence-electron chi connectivity index (χ1n) is 11.0. The number of thioether (sulfide) groups is 1. The van der Waals surface area contributed by atoms with E-state index in [2.05, 4.69) is 4.90 Å². The predicted molar refractivity (Wildman–Crippen MR) is 130 cm³/mol. The number of benzene rings is 1. The highest BCUT2D eigenvalue weighted by Crippen LogP contribution is 2.22. The first-order valence-corrected chi connectivity index (χ1v) is 12.9. The predicted octanol–water partition coefficient (Wildman–Crippen LogP) is 3.75. The van der Waals surface area contributed by atoms with Crippen LogP contribution in [0.2, 0.25) is 0 Å². The van der Waals surface area contributed by atoms with Crippen LogP contribution in [0.5, 0.6) is 11.5 Å². The van der Waals surface area contributed by atoms with Crippen LogP contribution in [0.15, 0.2) is 45.7 Å². The summed E-state index contributed by atoms with van der Waals surface area (Å²) in [5, 5.41) is 2.69. The first kappa shape index (κ1) is 23.1. The number of hydrogen-bond acceptors (Lipinski definition) is 8. The van der Waals surface area contributed by atoms with E-state index < -0.39 is 0 Å². The molecule has 0 spiro atoms. The van der Waals surface area contributed by atoms with Gasteiger partial charge in [-0.25, -0.2) is 4.98 Å². The highest BCUT2D eigenvalue weighted by Gasteiger charge is 2.14. The molecule has 1 aromatic carbocycles. The van der Waals surface area contributed by atoms with Gasteiger partial charge >= 0.3 is 0 Å². The summed E-state index contributed by atoms with van der Waals surface area (Å²) in [7, 11) is 0. The van der Waals surface area contributed by atoms with E-state index in [9.17, 15) is 4.79 Å². The number of fused-ring (bicyclic) bond motifs is 1. The van der Waals surface area contributed by atoms with Crippen molar-refractivity contribution in [2.24, 2.45) is 0 Å². The Morgan fingerprint density at radius 2 is 1.84 bits per heavy atom. The minimum atomic E-state index is 0.0573. The van der Waals surface area contributed by atoms with Gasteiger partial charge in [-0.05, 0) is 49.1 Å². The van der Waals surface area contributed by atoms with Gasteiger partial charge in [0.15, 0.2) is 5.16 Å². The molecule has 0 amide bonds. The van der Waals surface area contributed by atoms with Crippen molar-refractivity contribution in [2.45, 2.75) is 25.0 Å². The molecule has 3 aromatic rings. The summed E-state index contributed by atoms with van der Waals surface area (Å²) in [5.74, 6) is 2.35. The zero-order valence-electron chi connectivity index (χ0n) is 18.3. The monoisotopic (exact) mass is 475 g/mol. The topological polar surface area (TPSA) is 65.8 Å². The molecule has 0 radical (unpaired) electrons. The molecule has 32 heavy (non-hydrogen) atoms. The lowest BCUT2D eigenvalue weighted by atomic mass is 10.3. The van der Waals surface area contributed by atoms with E-state index in [4.69, 9.17) is 19.2 Å². The zero-order valence-corrected chi connectivity index (χ0v) is 20.0. The molecule has 1 aliphatic rings. The maximum Gasteiger partial charge on any atom is 0.272 e. The molecule has 2 aromatic heterocycles. The Bertz CT molecular complexity index is 1050. The molecule has 0 saturated carbocycles. The van der Waals surface area contributed by atoms with Gasteiger partial charge in [-0.2, -0.15) is 0 Å². The van der Waals surface area contributed by atoms with Crippen molar-refractivity contribution in [1.29, 1.82) is 0 Å². The lowest BCUT2D eigenvalue weighted by molar-refractivity contribution is 0.0368. The van der Waals surface area contributed by atoms with Crippen LogP contribution in [-0.4, -0.2) is 66.3 Å². The standard InChI is InChI=1S/C23H29N3O4S2/c1-2-29-18-4-6-19(7-5-18)30-15-17-32-23-24-20-8-16-31-21(20)22(27)26(23)10-3-9-25-11-13-28-14-12-25/h4-8,16H,2-3,9-15,17H2,1H3. The molecule has 0 aliphatic carbocycles. The fraction of sp³-hybridized carbons (Fsp3) is 0.478. The molecule has 1 saturated heterocycles. The molecule has 0 bridgehead atoms. The summed E-state index contributed by atoms with van der Waals surface area (Å²) in [4.78, 5) is 20.2. The minimum absolute atomic E-state index is 0.0573. The lowest BCUT2D eigenvalue weighted by Gasteiger charge is -2.26. The summed E-state index contributed by atoms with van der Waals surface area (Å²) >= 11 is 3.03. The van der Waals surface area contributed by atoms with Crippen molar-refractivity contribution >= 4 is 33.3 Å². The van der Waals surface area contributed by atoms with Crippen molar-refractivity contribution in [3.05, 3.63) is 46.1 Å². The Hall–Kier alpha value is -2.07. The zero-order chi connectivity index (χ0) is 22.2. The van der Waals surface area contributed by atoms with E-state index in [-0.39, 0.29) is 5.56 Å². The highest BCUT2D eigenvalue weighted by molar-refractivity contribution is 7.99. The van der Waals surface area contributed by atoms with Crippen molar-refractivity contribution in [3.63, 3.8) is 0 Å². The van der Waals surface area contributed by atoms with Gasteiger partial charge in [0.25, 0.3) is 5.56 Å². The molecule has 0 N–H and O–H groups in total. The van der Waals surface area contributed by atoms with Gasteiger partial charge in [-0.15, -0.1) is 11.3 Å². The third-order valence-corrected chi connectivity index (χ3v) is 7.04. The van der Waals surface area contributed by atoms with Crippen molar-refractivity contribution in [3.8, 4) is 11.5 Å². The molecule has 0 unspecified atom stereocenters. The lowest BCUT2D eigenvalue weighted by Crippen LogP contribution is -2.37. The van der Waals surface area contributed by atoms with Gasteiger partial charge in [-0.1, -0.05) is 11.8 Å². The number of rotatable bonds is 11. The van der Waals surface area contributed by atoms with Gasteiger partial charge in [-0.3, -0.25) is 14.3 Å². The van der Waals surface area contributed by atoms with E-state index in [0.717, 1.165) is 66.1 Å². The van der Waals surface area contributed by atoms with Crippen LogP contribution in [0.1, 0.15) is 13.3 Å². The highest BCUT2D eigenvalue weighted by atomic mass is 32.2. The minimum Gasteiger partial charge on any atom is -0.494 e. The second-order valence-corrected chi connectivity index (χ2v) is 9.37. The van der Waals surface area contributed by atoms with Gasteiger partial charge in [0, 0.05) is 31.9 Å². The van der Waals surface area contributed by atoms with Crippen molar-refractivity contribution in [2.75, 3.05) is 51.8 Å². The summed E-state index contributed by atoms with van der Waals surface area (Å²) in [6, 6.07) is 9.55. The number of aromatic nitrogens is 2. The number of hydrogen-bond donors (Lipinski definition) is 0. The second kappa shape index (κ2) is 11.7. The number of ether oxygens (including phenoxy) is 3. The van der Waals surface area contributed by atoms with Crippen LogP contribution < -0.4 is 15.0 Å². The van der Waals surface area contributed by atoms with Gasteiger partial charge in [0.1, 0.15) is 16.2 Å². The SMILES string of the molecule is CCOc1ccc(OCCSc2nc3ccsc3c(=O)n2CCCN2CCOCC2)cc1. The summed E-state index contributed by atoms with van der Waals surface area (Å²) in [6.45, 7) is 8.27. The summed E-state index contributed by atoms with van der Waals surface area (Å²) < 4.78 is 19.3.